The highest BCUT2D eigenvalue weighted by Crippen LogP contribution is 2.26. The van der Waals surface area contributed by atoms with Crippen molar-refractivity contribution < 1.29 is 4.42 Å². The first-order valence-electron chi connectivity index (χ1n) is 4.41. The van der Waals surface area contributed by atoms with E-state index in [0.29, 0.717) is 6.42 Å². The van der Waals surface area contributed by atoms with Gasteiger partial charge in [-0.05, 0) is 6.07 Å². The van der Waals surface area contributed by atoms with Gasteiger partial charge in [-0.1, -0.05) is 18.2 Å². The molecule has 0 bridgehead atoms. The molecule has 0 aliphatic carbocycles. The summed E-state index contributed by atoms with van der Waals surface area (Å²) in [4.78, 5) is 0. The van der Waals surface area contributed by atoms with Gasteiger partial charge in [-0.3, -0.25) is 0 Å². The molecule has 0 spiro atoms. The first-order chi connectivity index (χ1) is 6.83. The second kappa shape index (κ2) is 3.52. The lowest BCUT2D eigenvalue weighted by Gasteiger charge is -2.03. The molecule has 2 aromatic rings. The quantitative estimate of drug-likeness (QED) is 0.782. The van der Waals surface area contributed by atoms with Crippen LogP contribution < -0.4 is 5.73 Å². The van der Waals surface area contributed by atoms with Crippen molar-refractivity contribution in [2.45, 2.75) is 12.5 Å². The van der Waals surface area contributed by atoms with Gasteiger partial charge in [-0.2, -0.15) is 5.26 Å². The summed E-state index contributed by atoms with van der Waals surface area (Å²) in [6, 6.07) is 9.47. The van der Waals surface area contributed by atoms with Crippen molar-refractivity contribution in [1.82, 2.24) is 0 Å². The second-order valence-electron chi connectivity index (χ2n) is 3.16. The summed E-state index contributed by atoms with van der Waals surface area (Å²) in [7, 11) is 0. The van der Waals surface area contributed by atoms with Crippen LogP contribution in [0.1, 0.15) is 18.0 Å². The SMILES string of the molecule is N#CCC(N)c1coc2ccccc12. The van der Waals surface area contributed by atoms with Crippen molar-refractivity contribution in [2.24, 2.45) is 5.73 Å². The van der Waals surface area contributed by atoms with E-state index in [-0.39, 0.29) is 6.04 Å². The Labute approximate surface area is 81.7 Å². The molecule has 14 heavy (non-hydrogen) atoms. The van der Waals surface area contributed by atoms with Crippen LogP contribution in [0.2, 0.25) is 0 Å². The molecule has 0 radical (unpaired) electrons. The van der Waals surface area contributed by atoms with Gasteiger partial charge < -0.3 is 10.2 Å². The molecule has 1 atom stereocenters. The van der Waals surface area contributed by atoms with Crippen molar-refractivity contribution in [1.29, 1.82) is 5.26 Å². The number of furan rings is 1. The summed E-state index contributed by atoms with van der Waals surface area (Å²) in [5.41, 5.74) is 7.55. The molecule has 2 rings (SSSR count). The second-order valence-corrected chi connectivity index (χ2v) is 3.16. The molecule has 0 saturated carbocycles. The molecule has 1 unspecified atom stereocenters. The minimum Gasteiger partial charge on any atom is -0.464 e. The molecule has 2 N–H and O–H groups in total. The molecule has 1 aromatic heterocycles. The van der Waals surface area contributed by atoms with Gasteiger partial charge in [0.05, 0.1) is 18.8 Å². The van der Waals surface area contributed by atoms with E-state index < -0.39 is 0 Å². The van der Waals surface area contributed by atoms with Crippen molar-refractivity contribution >= 4 is 11.0 Å². The van der Waals surface area contributed by atoms with Crippen LogP contribution in [0.5, 0.6) is 0 Å². The van der Waals surface area contributed by atoms with E-state index >= 15 is 0 Å². The Morgan fingerprint density at radius 2 is 2.21 bits per heavy atom. The number of benzene rings is 1. The number of fused-ring (bicyclic) bond motifs is 1. The van der Waals surface area contributed by atoms with Crippen LogP contribution in [0.15, 0.2) is 34.9 Å². The molecule has 0 aliphatic heterocycles. The Morgan fingerprint density at radius 1 is 1.43 bits per heavy atom. The minimum absolute atomic E-state index is 0.261. The fourth-order valence-electron chi connectivity index (χ4n) is 1.49. The van der Waals surface area contributed by atoms with E-state index in [0.717, 1.165) is 16.5 Å². The van der Waals surface area contributed by atoms with Crippen molar-refractivity contribution in [2.75, 3.05) is 0 Å². The van der Waals surface area contributed by atoms with Crippen molar-refractivity contribution in [3.63, 3.8) is 0 Å². The monoisotopic (exact) mass is 186 g/mol. The zero-order chi connectivity index (χ0) is 9.97. The molecule has 1 aromatic carbocycles. The maximum absolute atomic E-state index is 8.55. The molecule has 0 amide bonds. The maximum atomic E-state index is 8.55. The highest BCUT2D eigenvalue weighted by Gasteiger charge is 2.11. The number of nitrogens with two attached hydrogens (primary N) is 1. The summed E-state index contributed by atoms with van der Waals surface area (Å²) in [6.07, 6.45) is 1.94. The fourth-order valence-corrected chi connectivity index (χ4v) is 1.49. The van der Waals surface area contributed by atoms with Crippen LogP contribution in [0.4, 0.5) is 0 Å². The molecule has 3 heteroatoms. The first kappa shape index (κ1) is 8.79. The van der Waals surface area contributed by atoms with Gasteiger partial charge in [0.15, 0.2) is 0 Å². The van der Waals surface area contributed by atoms with E-state index in [1.807, 2.05) is 24.3 Å². The summed E-state index contributed by atoms with van der Waals surface area (Å²) in [6.45, 7) is 0. The lowest BCUT2D eigenvalue weighted by atomic mass is 10.0. The van der Waals surface area contributed by atoms with Gasteiger partial charge in [0.1, 0.15) is 5.58 Å². The molecule has 0 saturated heterocycles. The Bertz CT molecular complexity index is 481. The van der Waals surface area contributed by atoms with Gasteiger partial charge in [0, 0.05) is 17.0 Å². The van der Waals surface area contributed by atoms with Crippen LogP contribution in [0.3, 0.4) is 0 Å². The van der Waals surface area contributed by atoms with Crippen molar-refractivity contribution in [3.8, 4) is 6.07 Å². The third-order valence-corrected chi connectivity index (χ3v) is 2.22. The lowest BCUT2D eigenvalue weighted by molar-refractivity contribution is 0.601. The maximum Gasteiger partial charge on any atom is 0.134 e. The van der Waals surface area contributed by atoms with Crippen LogP contribution in [-0.4, -0.2) is 0 Å². The first-order valence-corrected chi connectivity index (χ1v) is 4.41. The standard InChI is InChI=1S/C11H10N2O/c12-6-5-10(13)9-7-14-11-4-2-1-3-8(9)11/h1-4,7,10H,5,13H2. The number of nitriles is 1. The predicted molar refractivity (Wildman–Crippen MR) is 53.4 cm³/mol. The molecule has 0 aliphatic rings. The smallest absolute Gasteiger partial charge is 0.134 e. The third kappa shape index (κ3) is 1.36. The van der Waals surface area contributed by atoms with E-state index in [9.17, 15) is 0 Å². The van der Waals surface area contributed by atoms with Crippen molar-refractivity contribution in [3.05, 3.63) is 36.1 Å². The fraction of sp³-hybridized carbons (Fsp3) is 0.182. The lowest BCUT2D eigenvalue weighted by Crippen LogP contribution is -2.08. The Kier molecular flexibility index (Phi) is 2.21. The number of rotatable bonds is 2. The number of hydrogen-bond donors (Lipinski definition) is 1. The van der Waals surface area contributed by atoms with Crippen LogP contribution >= 0.6 is 0 Å². The summed E-state index contributed by atoms with van der Waals surface area (Å²) >= 11 is 0. The topological polar surface area (TPSA) is 63.0 Å². The highest BCUT2D eigenvalue weighted by molar-refractivity contribution is 5.81. The third-order valence-electron chi connectivity index (χ3n) is 2.22. The summed E-state index contributed by atoms with van der Waals surface area (Å²) < 4.78 is 5.33. The molecular weight excluding hydrogens is 176 g/mol. The minimum atomic E-state index is -0.261. The van der Waals surface area contributed by atoms with Crippen LogP contribution in [0.25, 0.3) is 11.0 Å². The van der Waals surface area contributed by atoms with Gasteiger partial charge in [0.25, 0.3) is 0 Å². The summed E-state index contributed by atoms with van der Waals surface area (Å²) in [5.74, 6) is 0. The number of nitrogens with zero attached hydrogens (tertiary/aromatic N) is 1. The van der Waals surface area contributed by atoms with Crippen LogP contribution in [0, 0.1) is 11.3 Å². The molecule has 3 nitrogen and oxygen atoms in total. The van der Waals surface area contributed by atoms with Gasteiger partial charge in [0.2, 0.25) is 0 Å². The molecular formula is C11H10N2O. The normalized spacial score (nSPS) is 12.6. The Morgan fingerprint density at radius 3 is 3.00 bits per heavy atom. The van der Waals surface area contributed by atoms with Crippen LogP contribution in [-0.2, 0) is 0 Å². The van der Waals surface area contributed by atoms with Gasteiger partial charge in [-0.25, -0.2) is 0 Å². The molecule has 1 heterocycles. The summed E-state index contributed by atoms with van der Waals surface area (Å²) in [5, 5.41) is 9.54. The largest absolute Gasteiger partial charge is 0.464 e. The Hall–Kier alpha value is -1.79. The van der Waals surface area contributed by atoms with E-state index in [1.165, 1.54) is 0 Å². The molecule has 0 fully saturated rings. The predicted octanol–water partition coefficient (Wildman–Crippen LogP) is 2.35. The zero-order valence-corrected chi connectivity index (χ0v) is 7.60. The van der Waals surface area contributed by atoms with Gasteiger partial charge in [-0.15, -0.1) is 0 Å². The Balaban J connectivity index is 2.48. The zero-order valence-electron chi connectivity index (χ0n) is 7.60. The van der Waals surface area contributed by atoms with E-state index in [1.54, 1.807) is 6.26 Å². The van der Waals surface area contributed by atoms with Gasteiger partial charge >= 0.3 is 0 Å². The van der Waals surface area contributed by atoms with E-state index in [4.69, 9.17) is 15.4 Å². The average Bonchev–Trinajstić information content (AvgIpc) is 2.61. The van der Waals surface area contributed by atoms with E-state index in [2.05, 4.69) is 6.07 Å². The molecule has 70 valence electrons. The number of para-hydroxylation sites is 1. The average molecular weight is 186 g/mol. The highest BCUT2D eigenvalue weighted by atomic mass is 16.3. The number of hydrogen-bond acceptors (Lipinski definition) is 3.